The number of amides is 3. The minimum Gasteiger partial charge on any atom is -0.353 e. The summed E-state index contributed by atoms with van der Waals surface area (Å²) in [6.07, 6.45) is 3.68. The van der Waals surface area contributed by atoms with E-state index in [2.05, 4.69) is 33.5 Å². The first-order chi connectivity index (χ1) is 9.74. The lowest BCUT2D eigenvalue weighted by Gasteiger charge is -1.87. The molecule has 0 bridgehead atoms. The van der Waals surface area contributed by atoms with Crippen LogP contribution in [0.1, 0.15) is 0 Å². The Morgan fingerprint density at radius 3 is 2.50 bits per heavy atom. The van der Waals surface area contributed by atoms with Crippen LogP contribution in [0.15, 0.2) is 42.7 Å². The van der Waals surface area contributed by atoms with E-state index in [4.69, 9.17) is 0 Å². The minimum atomic E-state index is -0.398. The summed E-state index contributed by atoms with van der Waals surface area (Å²) in [5, 5.41) is 6.80. The molecule has 1 aliphatic heterocycles. The number of carbonyl (C=O) groups excluding carboxylic acids is 2. The number of H-pyrrole nitrogens is 1. The fourth-order valence-corrected chi connectivity index (χ4v) is 2.08. The van der Waals surface area contributed by atoms with Crippen LogP contribution in [-0.2, 0) is 4.79 Å². The van der Waals surface area contributed by atoms with Crippen LogP contribution in [0, 0.1) is 0 Å². The molecule has 0 saturated carbocycles. The molecule has 3 heterocycles. The van der Waals surface area contributed by atoms with Crippen molar-refractivity contribution in [2.45, 2.75) is 0 Å². The zero-order chi connectivity index (χ0) is 13.9. The maximum atomic E-state index is 10.1. The van der Waals surface area contributed by atoms with E-state index < -0.39 is 6.03 Å². The maximum absolute atomic E-state index is 10.1. The van der Waals surface area contributed by atoms with E-state index in [-0.39, 0.29) is 12.5 Å². The topological polar surface area (TPSA) is 86.9 Å². The van der Waals surface area contributed by atoms with Crippen molar-refractivity contribution in [1.29, 1.82) is 0 Å². The second-order valence-corrected chi connectivity index (χ2v) is 4.32. The lowest BCUT2D eigenvalue weighted by Crippen LogP contribution is -2.22. The number of hydrogen-bond donors (Lipinski definition) is 3. The van der Waals surface area contributed by atoms with Gasteiger partial charge in [-0.15, -0.1) is 0 Å². The summed E-state index contributed by atoms with van der Waals surface area (Å²) >= 11 is 0. The first kappa shape index (κ1) is 12.2. The molecule has 100 valence electrons. The summed E-state index contributed by atoms with van der Waals surface area (Å²) < 4.78 is 0. The summed E-state index contributed by atoms with van der Waals surface area (Å²) in [5.74, 6) is -0.259. The van der Waals surface area contributed by atoms with Crippen LogP contribution in [0.2, 0.25) is 0 Å². The Balaban J connectivity index is 0.000000147. The molecule has 0 unspecified atom stereocenters. The van der Waals surface area contributed by atoms with Crippen LogP contribution in [0.25, 0.3) is 21.8 Å². The smallest absolute Gasteiger partial charge is 0.321 e. The number of hydrogen-bond acceptors (Lipinski definition) is 3. The van der Waals surface area contributed by atoms with Gasteiger partial charge in [0.05, 0.1) is 18.3 Å². The van der Waals surface area contributed by atoms with Gasteiger partial charge in [0, 0.05) is 22.5 Å². The fourth-order valence-electron chi connectivity index (χ4n) is 2.08. The number of fused-ring (bicyclic) bond motifs is 3. The Bertz CT molecular complexity index is 730. The SMILES string of the molecule is O=C1CNC(=O)N1.c1ccc2c(c1)[nH]c1cnccc12. The van der Waals surface area contributed by atoms with Crippen LogP contribution in [0.4, 0.5) is 4.79 Å². The molecule has 0 radical (unpaired) electrons. The molecular weight excluding hydrogens is 256 g/mol. The highest BCUT2D eigenvalue weighted by atomic mass is 16.2. The van der Waals surface area contributed by atoms with Gasteiger partial charge in [0.1, 0.15) is 0 Å². The maximum Gasteiger partial charge on any atom is 0.321 e. The van der Waals surface area contributed by atoms with E-state index in [0.29, 0.717) is 0 Å². The van der Waals surface area contributed by atoms with Crippen molar-refractivity contribution in [2.24, 2.45) is 0 Å². The molecule has 3 aromatic rings. The largest absolute Gasteiger partial charge is 0.353 e. The third-order valence-electron chi connectivity index (χ3n) is 2.97. The van der Waals surface area contributed by atoms with Crippen molar-refractivity contribution in [3.05, 3.63) is 42.7 Å². The molecule has 6 nitrogen and oxygen atoms in total. The summed E-state index contributed by atoms with van der Waals surface area (Å²) in [7, 11) is 0. The highest BCUT2D eigenvalue weighted by Crippen LogP contribution is 2.23. The predicted molar refractivity (Wildman–Crippen MR) is 75.1 cm³/mol. The lowest BCUT2D eigenvalue weighted by molar-refractivity contribution is -0.117. The van der Waals surface area contributed by atoms with Gasteiger partial charge in [0.2, 0.25) is 5.91 Å². The normalized spacial score (nSPS) is 13.8. The Morgan fingerprint density at radius 1 is 1.00 bits per heavy atom. The summed E-state index contributed by atoms with van der Waals surface area (Å²) in [5.41, 5.74) is 2.27. The number of benzene rings is 1. The van der Waals surface area contributed by atoms with E-state index >= 15 is 0 Å². The molecule has 1 saturated heterocycles. The van der Waals surface area contributed by atoms with Gasteiger partial charge in [-0.2, -0.15) is 0 Å². The van der Waals surface area contributed by atoms with E-state index in [1.165, 1.54) is 16.3 Å². The number of urea groups is 1. The predicted octanol–water partition coefficient (Wildman–Crippen LogP) is 1.54. The number of nitrogens with zero attached hydrogens (tertiary/aromatic N) is 1. The van der Waals surface area contributed by atoms with Gasteiger partial charge in [-0.25, -0.2) is 4.79 Å². The number of imide groups is 1. The van der Waals surface area contributed by atoms with Gasteiger partial charge in [-0.05, 0) is 12.1 Å². The van der Waals surface area contributed by atoms with Crippen molar-refractivity contribution in [3.63, 3.8) is 0 Å². The molecule has 3 N–H and O–H groups in total. The van der Waals surface area contributed by atoms with E-state index in [9.17, 15) is 9.59 Å². The quantitative estimate of drug-likeness (QED) is 0.540. The molecule has 3 amide bonds. The minimum absolute atomic E-state index is 0.124. The number of carbonyl (C=O) groups is 2. The molecule has 0 aliphatic carbocycles. The Morgan fingerprint density at radius 2 is 1.80 bits per heavy atom. The molecule has 4 rings (SSSR count). The molecule has 0 spiro atoms. The van der Waals surface area contributed by atoms with Crippen molar-refractivity contribution >= 4 is 33.7 Å². The van der Waals surface area contributed by atoms with Gasteiger partial charge < -0.3 is 10.3 Å². The molecule has 1 fully saturated rings. The van der Waals surface area contributed by atoms with Gasteiger partial charge in [0.15, 0.2) is 0 Å². The first-order valence-corrected chi connectivity index (χ1v) is 6.12. The molecule has 0 atom stereocenters. The second kappa shape index (κ2) is 5.00. The van der Waals surface area contributed by atoms with E-state index in [0.717, 1.165) is 5.52 Å². The molecular formula is C14H12N4O2. The van der Waals surface area contributed by atoms with Crippen LogP contribution in [0.5, 0.6) is 0 Å². The summed E-state index contributed by atoms with van der Waals surface area (Å²) in [6.45, 7) is 0.124. The standard InChI is InChI=1S/C11H8N2.C3H4N2O2/c1-2-4-10-8(3-1)9-5-6-12-7-11(9)13-10;6-2-1-4-3(7)5-2/h1-7,13H;1H2,(H2,4,5,6,7). The fraction of sp³-hybridized carbons (Fsp3) is 0.0714. The number of para-hydroxylation sites is 1. The van der Waals surface area contributed by atoms with E-state index in [1.807, 2.05) is 29.8 Å². The van der Waals surface area contributed by atoms with Gasteiger partial charge in [-0.1, -0.05) is 18.2 Å². The third-order valence-corrected chi connectivity index (χ3v) is 2.97. The average molecular weight is 268 g/mol. The van der Waals surface area contributed by atoms with Crippen LogP contribution in [0.3, 0.4) is 0 Å². The Kier molecular flexibility index (Phi) is 3.04. The van der Waals surface area contributed by atoms with Crippen molar-refractivity contribution in [3.8, 4) is 0 Å². The summed E-state index contributed by atoms with van der Waals surface area (Å²) in [6, 6.07) is 9.92. The highest BCUT2D eigenvalue weighted by molar-refractivity contribution is 6.06. The monoisotopic (exact) mass is 268 g/mol. The number of pyridine rings is 1. The first-order valence-electron chi connectivity index (χ1n) is 6.12. The third kappa shape index (κ3) is 2.31. The second-order valence-electron chi connectivity index (χ2n) is 4.32. The number of nitrogens with one attached hydrogen (secondary N) is 3. The van der Waals surface area contributed by atoms with Crippen molar-refractivity contribution in [1.82, 2.24) is 20.6 Å². The Hall–Kier alpha value is -2.89. The number of rotatable bonds is 0. The number of aromatic amines is 1. The molecule has 1 aromatic carbocycles. The zero-order valence-electron chi connectivity index (χ0n) is 10.5. The van der Waals surface area contributed by atoms with Crippen LogP contribution in [-0.4, -0.2) is 28.5 Å². The number of aromatic nitrogens is 2. The summed E-state index contributed by atoms with van der Waals surface area (Å²) in [4.78, 5) is 27.5. The van der Waals surface area contributed by atoms with Gasteiger partial charge in [0.25, 0.3) is 0 Å². The molecule has 1 aliphatic rings. The highest BCUT2D eigenvalue weighted by Gasteiger charge is 2.14. The van der Waals surface area contributed by atoms with E-state index in [1.54, 1.807) is 0 Å². The van der Waals surface area contributed by atoms with Crippen LogP contribution >= 0.6 is 0 Å². The van der Waals surface area contributed by atoms with Crippen molar-refractivity contribution in [2.75, 3.05) is 6.54 Å². The molecule has 6 heteroatoms. The zero-order valence-corrected chi connectivity index (χ0v) is 10.5. The molecule has 20 heavy (non-hydrogen) atoms. The van der Waals surface area contributed by atoms with Gasteiger partial charge >= 0.3 is 6.03 Å². The lowest BCUT2D eigenvalue weighted by atomic mass is 10.2. The Labute approximate surface area is 114 Å². The molecule has 2 aromatic heterocycles. The van der Waals surface area contributed by atoms with Gasteiger partial charge in [-0.3, -0.25) is 15.1 Å². The van der Waals surface area contributed by atoms with Crippen LogP contribution < -0.4 is 10.6 Å². The van der Waals surface area contributed by atoms with Crippen molar-refractivity contribution < 1.29 is 9.59 Å². The average Bonchev–Trinajstić information content (AvgIpc) is 3.02.